The normalized spacial score (nSPS) is 25.1. The van der Waals surface area contributed by atoms with Crippen LogP contribution in [0.25, 0.3) is 0 Å². The maximum atomic E-state index is 9.44. The highest BCUT2D eigenvalue weighted by Gasteiger charge is 2.25. The summed E-state index contributed by atoms with van der Waals surface area (Å²) in [5.41, 5.74) is 0. The SMILES string of the molecule is COCCCc1noc(C2CCC(O)CC2)n1. The van der Waals surface area contributed by atoms with Gasteiger partial charge in [-0.05, 0) is 32.1 Å². The molecule has 0 atom stereocenters. The quantitative estimate of drug-likeness (QED) is 0.793. The molecule has 5 nitrogen and oxygen atoms in total. The summed E-state index contributed by atoms with van der Waals surface area (Å²) < 4.78 is 10.3. The number of aliphatic hydroxyl groups excluding tert-OH is 1. The molecule has 0 amide bonds. The number of ether oxygens (including phenoxy) is 1. The van der Waals surface area contributed by atoms with Crippen molar-refractivity contribution in [1.29, 1.82) is 0 Å². The molecule has 0 aliphatic heterocycles. The van der Waals surface area contributed by atoms with E-state index in [0.29, 0.717) is 5.92 Å². The van der Waals surface area contributed by atoms with Crippen molar-refractivity contribution in [2.75, 3.05) is 13.7 Å². The highest BCUT2D eigenvalue weighted by Crippen LogP contribution is 2.31. The Morgan fingerprint density at radius 2 is 2.12 bits per heavy atom. The van der Waals surface area contributed by atoms with Crippen LogP contribution in [0.5, 0.6) is 0 Å². The van der Waals surface area contributed by atoms with Gasteiger partial charge in [0.15, 0.2) is 5.82 Å². The molecule has 0 spiro atoms. The third-order valence-electron chi connectivity index (χ3n) is 3.28. The van der Waals surface area contributed by atoms with Gasteiger partial charge in [0.25, 0.3) is 0 Å². The highest BCUT2D eigenvalue weighted by atomic mass is 16.5. The lowest BCUT2D eigenvalue weighted by molar-refractivity contribution is 0.116. The second-order valence-corrected chi connectivity index (χ2v) is 4.65. The van der Waals surface area contributed by atoms with Crippen LogP contribution in [-0.4, -0.2) is 35.1 Å². The van der Waals surface area contributed by atoms with Crippen LogP contribution in [0.3, 0.4) is 0 Å². The van der Waals surface area contributed by atoms with E-state index in [1.54, 1.807) is 7.11 Å². The van der Waals surface area contributed by atoms with Crippen LogP contribution in [0, 0.1) is 0 Å². The average Bonchev–Trinajstić information content (AvgIpc) is 2.79. The van der Waals surface area contributed by atoms with Crippen molar-refractivity contribution in [3.05, 3.63) is 11.7 Å². The Bertz CT molecular complexity index is 332. The highest BCUT2D eigenvalue weighted by molar-refractivity contribution is 4.96. The molecule has 0 radical (unpaired) electrons. The van der Waals surface area contributed by atoms with Crippen molar-refractivity contribution in [3.8, 4) is 0 Å². The molecular formula is C12H20N2O3. The van der Waals surface area contributed by atoms with Gasteiger partial charge in [0.1, 0.15) is 0 Å². The molecule has 0 saturated heterocycles. The maximum Gasteiger partial charge on any atom is 0.229 e. The Morgan fingerprint density at radius 1 is 1.35 bits per heavy atom. The fourth-order valence-corrected chi connectivity index (χ4v) is 2.23. The Hall–Kier alpha value is -0.940. The van der Waals surface area contributed by atoms with Crippen molar-refractivity contribution in [2.24, 2.45) is 0 Å². The minimum absolute atomic E-state index is 0.143. The van der Waals surface area contributed by atoms with Gasteiger partial charge in [-0.3, -0.25) is 0 Å². The van der Waals surface area contributed by atoms with Crippen LogP contribution < -0.4 is 0 Å². The first-order valence-corrected chi connectivity index (χ1v) is 6.29. The minimum Gasteiger partial charge on any atom is -0.393 e. The molecule has 5 heteroatoms. The Balaban J connectivity index is 1.85. The Labute approximate surface area is 101 Å². The number of hydrogen-bond acceptors (Lipinski definition) is 5. The Morgan fingerprint density at radius 3 is 2.82 bits per heavy atom. The van der Waals surface area contributed by atoms with Crippen molar-refractivity contribution in [2.45, 2.75) is 50.5 Å². The lowest BCUT2D eigenvalue weighted by Crippen LogP contribution is -2.17. The topological polar surface area (TPSA) is 68.4 Å². The fraction of sp³-hybridized carbons (Fsp3) is 0.833. The van der Waals surface area contributed by atoms with Gasteiger partial charge in [-0.2, -0.15) is 4.98 Å². The molecule has 1 aromatic rings. The number of rotatable bonds is 5. The second kappa shape index (κ2) is 6.12. The van der Waals surface area contributed by atoms with E-state index in [1.165, 1.54) is 0 Å². The molecule has 1 fully saturated rings. The van der Waals surface area contributed by atoms with Gasteiger partial charge >= 0.3 is 0 Å². The van der Waals surface area contributed by atoms with Gasteiger partial charge in [0.05, 0.1) is 6.10 Å². The third-order valence-corrected chi connectivity index (χ3v) is 3.28. The monoisotopic (exact) mass is 240 g/mol. The first-order valence-electron chi connectivity index (χ1n) is 6.29. The Kier molecular flexibility index (Phi) is 4.50. The molecule has 1 aliphatic carbocycles. The molecule has 0 unspecified atom stereocenters. The van der Waals surface area contributed by atoms with E-state index in [1.807, 2.05) is 0 Å². The number of nitrogens with zero attached hydrogens (tertiary/aromatic N) is 2. The molecule has 1 aliphatic rings. The van der Waals surface area contributed by atoms with Crippen LogP contribution in [0.1, 0.15) is 49.7 Å². The molecule has 17 heavy (non-hydrogen) atoms. The van der Waals surface area contributed by atoms with Crippen LogP contribution in [-0.2, 0) is 11.2 Å². The van der Waals surface area contributed by atoms with E-state index in [0.717, 1.165) is 56.8 Å². The van der Waals surface area contributed by atoms with Crippen molar-refractivity contribution in [3.63, 3.8) is 0 Å². The van der Waals surface area contributed by atoms with E-state index in [4.69, 9.17) is 9.26 Å². The summed E-state index contributed by atoms with van der Waals surface area (Å²) in [6, 6.07) is 0. The number of aryl methyl sites for hydroxylation is 1. The van der Waals surface area contributed by atoms with Gasteiger partial charge in [0.2, 0.25) is 5.89 Å². The summed E-state index contributed by atoms with van der Waals surface area (Å²) in [5.74, 6) is 1.84. The summed E-state index contributed by atoms with van der Waals surface area (Å²) in [6.45, 7) is 0.722. The first-order chi connectivity index (χ1) is 8.29. The summed E-state index contributed by atoms with van der Waals surface area (Å²) in [6.07, 6.45) is 5.14. The van der Waals surface area contributed by atoms with Gasteiger partial charge < -0.3 is 14.4 Å². The van der Waals surface area contributed by atoms with Crippen molar-refractivity contribution in [1.82, 2.24) is 10.1 Å². The smallest absolute Gasteiger partial charge is 0.229 e. The summed E-state index contributed by atoms with van der Waals surface area (Å²) >= 11 is 0. The number of aromatic nitrogens is 2. The van der Waals surface area contributed by atoms with E-state index in [9.17, 15) is 5.11 Å². The van der Waals surface area contributed by atoms with Gasteiger partial charge in [-0.1, -0.05) is 5.16 Å². The van der Waals surface area contributed by atoms with Gasteiger partial charge in [-0.15, -0.1) is 0 Å². The molecule has 0 aromatic carbocycles. The van der Waals surface area contributed by atoms with E-state index in [-0.39, 0.29) is 6.10 Å². The lowest BCUT2D eigenvalue weighted by Gasteiger charge is -2.22. The van der Waals surface area contributed by atoms with E-state index >= 15 is 0 Å². The van der Waals surface area contributed by atoms with Crippen LogP contribution in [0.2, 0.25) is 0 Å². The standard InChI is InChI=1S/C12H20N2O3/c1-16-8-2-3-11-13-12(17-14-11)9-4-6-10(15)7-5-9/h9-10,15H,2-8H2,1H3. The summed E-state index contributed by atoms with van der Waals surface area (Å²) in [7, 11) is 1.69. The summed E-state index contributed by atoms with van der Waals surface area (Å²) in [5, 5.41) is 13.4. The zero-order chi connectivity index (χ0) is 12.1. The first kappa shape index (κ1) is 12.5. The largest absolute Gasteiger partial charge is 0.393 e. The number of hydrogen-bond donors (Lipinski definition) is 1. The van der Waals surface area contributed by atoms with Crippen LogP contribution >= 0.6 is 0 Å². The van der Waals surface area contributed by atoms with E-state index in [2.05, 4.69) is 10.1 Å². The molecule has 1 heterocycles. The average molecular weight is 240 g/mol. The zero-order valence-corrected chi connectivity index (χ0v) is 10.3. The molecule has 1 aromatic heterocycles. The lowest BCUT2D eigenvalue weighted by atomic mass is 9.87. The predicted octanol–water partition coefficient (Wildman–Crippen LogP) is 1.67. The fourth-order valence-electron chi connectivity index (χ4n) is 2.23. The summed E-state index contributed by atoms with van der Waals surface area (Å²) in [4.78, 5) is 4.42. The molecule has 1 N–H and O–H groups in total. The number of methoxy groups -OCH3 is 1. The second-order valence-electron chi connectivity index (χ2n) is 4.65. The third kappa shape index (κ3) is 3.51. The molecule has 96 valence electrons. The van der Waals surface area contributed by atoms with Crippen molar-refractivity contribution < 1.29 is 14.4 Å². The number of aliphatic hydroxyl groups is 1. The molecule has 0 bridgehead atoms. The predicted molar refractivity (Wildman–Crippen MR) is 61.7 cm³/mol. The minimum atomic E-state index is -0.143. The van der Waals surface area contributed by atoms with Crippen LogP contribution in [0.4, 0.5) is 0 Å². The van der Waals surface area contributed by atoms with E-state index < -0.39 is 0 Å². The molecular weight excluding hydrogens is 220 g/mol. The zero-order valence-electron chi connectivity index (χ0n) is 10.3. The molecule has 1 saturated carbocycles. The van der Waals surface area contributed by atoms with Gasteiger partial charge in [-0.25, -0.2) is 0 Å². The maximum absolute atomic E-state index is 9.44. The van der Waals surface area contributed by atoms with Gasteiger partial charge in [0, 0.05) is 26.1 Å². The molecule has 2 rings (SSSR count). The van der Waals surface area contributed by atoms with Crippen LogP contribution in [0.15, 0.2) is 4.52 Å². The van der Waals surface area contributed by atoms with Crippen molar-refractivity contribution >= 4 is 0 Å².